The van der Waals surface area contributed by atoms with Crippen LogP contribution in [0.4, 0.5) is 0 Å². The lowest BCUT2D eigenvalue weighted by molar-refractivity contribution is 1.37. The molecule has 0 aromatic heterocycles. The minimum Gasteiger partial charge on any atom is -0.0610 e. The zero-order chi connectivity index (χ0) is 14.8. The SMILES string of the molecule is Cc1cc2cc3c(cc2cc1C)-c1cccc2cccc-3c12. The topological polar surface area (TPSA) is 0 Å². The van der Waals surface area contributed by atoms with Crippen molar-refractivity contribution < 1.29 is 0 Å². The molecular weight excluding hydrogens is 264 g/mol. The van der Waals surface area contributed by atoms with E-state index in [0.29, 0.717) is 0 Å². The van der Waals surface area contributed by atoms with Gasteiger partial charge in [0.2, 0.25) is 0 Å². The van der Waals surface area contributed by atoms with Crippen molar-refractivity contribution >= 4 is 21.5 Å². The third kappa shape index (κ3) is 1.42. The van der Waals surface area contributed by atoms with Gasteiger partial charge in [-0.1, -0.05) is 48.5 Å². The first kappa shape index (κ1) is 12.0. The van der Waals surface area contributed by atoms with Crippen LogP contribution in [0.5, 0.6) is 0 Å². The molecule has 0 heteroatoms. The lowest BCUT2D eigenvalue weighted by atomic mass is 9.96. The van der Waals surface area contributed by atoms with Gasteiger partial charge in [0.15, 0.2) is 0 Å². The van der Waals surface area contributed by atoms with Crippen LogP contribution in [-0.4, -0.2) is 0 Å². The highest BCUT2D eigenvalue weighted by molar-refractivity contribution is 6.17. The second kappa shape index (κ2) is 3.98. The van der Waals surface area contributed by atoms with Crippen molar-refractivity contribution in [3.63, 3.8) is 0 Å². The highest BCUT2D eigenvalue weighted by Gasteiger charge is 2.21. The van der Waals surface area contributed by atoms with E-state index in [1.54, 1.807) is 0 Å². The van der Waals surface area contributed by atoms with Crippen molar-refractivity contribution in [2.24, 2.45) is 0 Å². The van der Waals surface area contributed by atoms with E-state index in [4.69, 9.17) is 0 Å². The molecule has 0 nitrogen and oxygen atoms in total. The summed E-state index contributed by atoms with van der Waals surface area (Å²) in [7, 11) is 0. The van der Waals surface area contributed by atoms with Gasteiger partial charge in [0.25, 0.3) is 0 Å². The molecular formula is C22H16. The zero-order valence-electron chi connectivity index (χ0n) is 12.8. The van der Waals surface area contributed by atoms with Gasteiger partial charge in [-0.25, -0.2) is 0 Å². The highest BCUT2D eigenvalue weighted by Crippen LogP contribution is 2.48. The number of hydrogen-bond acceptors (Lipinski definition) is 0. The molecule has 0 atom stereocenters. The summed E-state index contributed by atoms with van der Waals surface area (Å²) >= 11 is 0. The molecule has 0 bridgehead atoms. The number of fused-ring (bicyclic) bond motifs is 4. The van der Waals surface area contributed by atoms with Gasteiger partial charge in [-0.2, -0.15) is 0 Å². The average Bonchev–Trinajstić information content (AvgIpc) is 2.83. The molecule has 0 radical (unpaired) electrons. The fourth-order valence-corrected chi connectivity index (χ4v) is 3.81. The maximum absolute atomic E-state index is 2.37. The van der Waals surface area contributed by atoms with Crippen LogP contribution in [0.3, 0.4) is 0 Å². The normalized spacial score (nSPS) is 12.1. The third-order valence-electron chi connectivity index (χ3n) is 5.07. The molecule has 1 aliphatic rings. The molecule has 104 valence electrons. The summed E-state index contributed by atoms with van der Waals surface area (Å²) in [6, 6.07) is 22.6. The molecule has 0 saturated heterocycles. The predicted molar refractivity (Wildman–Crippen MR) is 95.4 cm³/mol. The standard InChI is InChI=1S/C22H16/c1-13-9-16-11-20-18-7-3-5-15-6-4-8-19(22(15)18)21(20)12-17(16)10-14(13)2/h3-12H,1-2H3. The highest BCUT2D eigenvalue weighted by atomic mass is 14.2. The summed E-state index contributed by atoms with van der Waals surface area (Å²) in [5.74, 6) is 0. The lowest BCUT2D eigenvalue weighted by Gasteiger charge is -2.08. The largest absolute Gasteiger partial charge is 0.0610 e. The summed E-state index contributed by atoms with van der Waals surface area (Å²) in [6.07, 6.45) is 0. The average molecular weight is 280 g/mol. The second-order valence-electron chi connectivity index (χ2n) is 6.39. The van der Waals surface area contributed by atoms with Gasteiger partial charge < -0.3 is 0 Å². The van der Waals surface area contributed by atoms with E-state index in [0.717, 1.165) is 0 Å². The van der Waals surface area contributed by atoms with Crippen molar-refractivity contribution in [1.82, 2.24) is 0 Å². The molecule has 5 rings (SSSR count). The molecule has 4 aromatic rings. The van der Waals surface area contributed by atoms with Gasteiger partial charge in [-0.05, 0) is 80.9 Å². The fourth-order valence-electron chi connectivity index (χ4n) is 3.81. The zero-order valence-corrected chi connectivity index (χ0v) is 12.8. The molecule has 0 N–H and O–H groups in total. The Kier molecular flexibility index (Phi) is 2.17. The van der Waals surface area contributed by atoms with Gasteiger partial charge in [0.1, 0.15) is 0 Å². The van der Waals surface area contributed by atoms with E-state index < -0.39 is 0 Å². The van der Waals surface area contributed by atoms with E-state index in [9.17, 15) is 0 Å². The Labute approximate surface area is 130 Å². The Morgan fingerprint density at radius 2 is 1.00 bits per heavy atom. The lowest BCUT2D eigenvalue weighted by Crippen LogP contribution is -1.84. The molecule has 4 aromatic carbocycles. The van der Waals surface area contributed by atoms with Crippen molar-refractivity contribution in [3.05, 3.63) is 71.8 Å². The van der Waals surface area contributed by atoms with E-state index in [2.05, 4.69) is 74.5 Å². The molecule has 0 heterocycles. The van der Waals surface area contributed by atoms with E-state index in [1.165, 1.54) is 54.9 Å². The molecule has 0 aliphatic heterocycles. The number of aryl methyl sites for hydroxylation is 2. The number of hydrogen-bond donors (Lipinski definition) is 0. The summed E-state index contributed by atoms with van der Waals surface area (Å²) in [6.45, 7) is 4.38. The van der Waals surface area contributed by atoms with Crippen molar-refractivity contribution in [3.8, 4) is 22.3 Å². The number of benzene rings is 4. The summed E-state index contributed by atoms with van der Waals surface area (Å²) < 4.78 is 0. The first-order chi connectivity index (χ1) is 10.7. The van der Waals surface area contributed by atoms with E-state index in [-0.39, 0.29) is 0 Å². The van der Waals surface area contributed by atoms with Crippen molar-refractivity contribution in [2.45, 2.75) is 13.8 Å². The van der Waals surface area contributed by atoms with Gasteiger partial charge >= 0.3 is 0 Å². The Bertz CT molecular complexity index is 1000. The molecule has 0 fully saturated rings. The predicted octanol–water partition coefficient (Wildman–Crippen LogP) is 6.26. The number of rotatable bonds is 0. The molecule has 22 heavy (non-hydrogen) atoms. The Morgan fingerprint density at radius 3 is 1.50 bits per heavy atom. The Balaban J connectivity index is 1.96. The van der Waals surface area contributed by atoms with Gasteiger partial charge in [0.05, 0.1) is 0 Å². The van der Waals surface area contributed by atoms with Crippen LogP contribution in [0.15, 0.2) is 60.7 Å². The molecule has 0 saturated carbocycles. The summed E-state index contributed by atoms with van der Waals surface area (Å²) in [5, 5.41) is 5.42. The van der Waals surface area contributed by atoms with Crippen molar-refractivity contribution in [1.29, 1.82) is 0 Å². The van der Waals surface area contributed by atoms with Crippen LogP contribution >= 0.6 is 0 Å². The van der Waals surface area contributed by atoms with Gasteiger partial charge in [-0.3, -0.25) is 0 Å². The Morgan fingerprint density at radius 1 is 0.500 bits per heavy atom. The summed E-state index contributed by atoms with van der Waals surface area (Å²) in [4.78, 5) is 0. The van der Waals surface area contributed by atoms with Gasteiger partial charge in [0, 0.05) is 0 Å². The van der Waals surface area contributed by atoms with E-state index >= 15 is 0 Å². The first-order valence-electron chi connectivity index (χ1n) is 7.80. The van der Waals surface area contributed by atoms with Crippen LogP contribution in [0.25, 0.3) is 43.8 Å². The van der Waals surface area contributed by atoms with Crippen LogP contribution in [-0.2, 0) is 0 Å². The van der Waals surface area contributed by atoms with Crippen molar-refractivity contribution in [2.75, 3.05) is 0 Å². The monoisotopic (exact) mass is 280 g/mol. The second-order valence-corrected chi connectivity index (χ2v) is 6.39. The Hall–Kier alpha value is -2.60. The maximum Gasteiger partial charge on any atom is -0.00264 e. The first-order valence-corrected chi connectivity index (χ1v) is 7.80. The molecule has 0 amide bonds. The molecule has 1 aliphatic carbocycles. The van der Waals surface area contributed by atoms with Crippen LogP contribution < -0.4 is 0 Å². The fraction of sp³-hybridized carbons (Fsp3) is 0.0909. The van der Waals surface area contributed by atoms with E-state index in [1.807, 2.05) is 0 Å². The van der Waals surface area contributed by atoms with Gasteiger partial charge in [-0.15, -0.1) is 0 Å². The molecule has 0 spiro atoms. The van der Waals surface area contributed by atoms with Crippen LogP contribution in [0.1, 0.15) is 11.1 Å². The van der Waals surface area contributed by atoms with Crippen LogP contribution in [0.2, 0.25) is 0 Å². The molecule has 0 unspecified atom stereocenters. The quantitative estimate of drug-likeness (QED) is 0.314. The maximum atomic E-state index is 2.37. The van der Waals surface area contributed by atoms with Crippen LogP contribution in [0, 0.1) is 13.8 Å². The third-order valence-corrected chi connectivity index (χ3v) is 5.07. The minimum atomic E-state index is 1.34. The minimum absolute atomic E-state index is 1.34. The smallest absolute Gasteiger partial charge is 0.00264 e. The summed E-state index contributed by atoms with van der Waals surface area (Å²) in [5.41, 5.74) is 8.24.